The van der Waals surface area contributed by atoms with Crippen LogP contribution in [0.2, 0.25) is 0 Å². The van der Waals surface area contributed by atoms with Crippen molar-refractivity contribution in [2.24, 2.45) is 0 Å². The van der Waals surface area contributed by atoms with E-state index < -0.39 is 0 Å². The zero-order valence-electron chi connectivity index (χ0n) is 82.4. The largest absolute Gasteiger partial charge is 0.0725 e. The van der Waals surface area contributed by atoms with E-state index in [1.165, 1.54) is 267 Å². The van der Waals surface area contributed by atoms with Crippen LogP contribution in [-0.2, 0) is 32.5 Å². The molecule has 0 radical (unpaired) electrons. The van der Waals surface area contributed by atoms with Crippen LogP contribution in [0.5, 0.6) is 0 Å². The first-order valence-corrected chi connectivity index (χ1v) is 52.9. The molecule has 0 bridgehead atoms. The topological polar surface area (TPSA) is 0 Å². The van der Waals surface area contributed by atoms with Crippen LogP contribution in [0, 0.1) is 0 Å². The fourth-order valence-electron chi connectivity index (χ4n) is 30.3. The molecule has 0 aromatic heterocycles. The molecule has 0 saturated carbocycles. The average Bonchev–Trinajstić information content (AvgIpc) is 1.54. The summed E-state index contributed by atoms with van der Waals surface area (Å²) in [5.74, 6) is 0. The zero-order valence-corrected chi connectivity index (χ0v) is 82.4. The molecule has 0 amide bonds. The van der Waals surface area contributed by atoms with E-state index in [0.717, 1.165) is 0 Å². The van der Waals surface area contributed by atoms with Gasteiger partial charge < -0.3 is 0 Å². The number of rotatable bonds is 0. The van der Waals surface area contributed by atoms with Crippen molar-refractivity contribution < 1.29 is 0 Å². The molecule has 0 atom stereocenters. The summed E-state index contributed by atoms with van der Waals surface area (Å²) in [5, 5.41) is 0. The highest BCUT2D eigenvalue weighted by molar-refractivity contribution is 6.03. The zero-order chi connectivity index (χ0) is 98.6. The second kappa shape index (κ2) is 32.9. The highest BCUT2D eigenvalue weighted by atomic mass is 14.6. The van der Waals surface area contributed by atoms with Gasteiger partial charge in [-0.2, -0.15) is 0 Å². The first kappa shape index (κ1) is 85.7. The molecule has 0 aliphatic heterocycles. The summed E-state index contributed by atoms with van der Waals surface area (Å²) < 4.78 is 0. The summed E-state index contributed by atoms with van der Waals surface area (Å²) in [6.45, 7) is 0. The first-order valence-electron chi connectivity index (χ1n) is 52.9. The second-order valence-corrected chi connectivity index (χ2v) is 41.6. The highest BCUT2D eigenvalue weighted by Gasteiger charge is 2.59. The lowest BCUT2D eigenvalue weighted by Gasteiger charge is -2.30. The number of benzene rings is 24. The van der Waals surface area contributed by atoms with Crippen molar-refractivity contribution in [1.29, 1.82) is 0 Å². The molecular formula is C150H96. The molecule has 24 aromatic carbocycles. The maximum absolute atomic E-state index is 2.31. The summed E-state index contributed by atoms with van der Waals surface area (Å²) in [5.41, 5.74) is 65.5. The van der Waals surface area contributed by atoms with E-state index in [9.17, 15) is 0 Å². The fourth-order valence-corrected chi connectivity index (χ4v) is 30.3. The van der Waals surface area contributed by atoms with Gasteiger partial charge in [-0.3, -0.25) is 0 Å². The predicted molar refractivity (Wildman–Crippen MR) is 616 cm³/mol. The number of fused-ring (bicyclic) bond motifs is 60. The molecule has 0 N–H and O–H groups in total. The van der Waals surface area contributed by atoms with Crippen LogP contribution < -0.4 is 0 Å². The molecule has 0 heteroatoms. The van der Waals surface area contributed by atoms with Crippen LogP contribution in [0.15, 0.2) is 582 Å². The Hall–Kier alpha value is -18.7. The summed E-state index contributed by atoms with van der Waals surface area (Å²) in [4.78, 5) is 0. The van der Waals surface area contributed by atoms with Gasteiger partial charge in [0.15, 0.2) is 0 Å². The molecule has 696 valence electrons. The molecule has 0 saturated heterocycles. The Morgan fingerprint density at radius 2 is 0.0933 bits per heavy atom. The van der Waals surface area contributed by atoms with E-state index in [4.69, 9.17) is 0 Å². The van der Waals surface area contributed by atoms with Crippen molar-refractivity contribution in [2.75, 3.05) is 0 Å². The molecule has 0 nitrogen and oxygen atoms in total. The van der Waals surface area contributed by atoms with E-state index in [0.29, 0.717) is 0 Å². The quantitative estimate of drug-likeness (QED) is 0.142. The second-order valence-electron chi connectivity index (χ2n) is 41.6. The number of hydrogen-bond acceptors (Lipinski definition) is 0. The van der Waals surface area contributed by atoms with E-state index in [1.807, 2.05) is 0 Å². The monoisotopic (exact) mass is 1900 g/mol. The normalized spacial score (nSPS) is 14.7. The summed E-state index contributed by atoms with van der Waals surface area (Å²) in [7, 11) is 0. The van der Waals surface area contributed by atoms with E-state index >= 15 is 0 Å². The van der Waals surface area contributed by atoms with Gasteiger partial charge in [-0.25, -0.2) is 0 Å². The summed E-state index contributed by atoms with van der Waals surface area (Å²) in [6, 6.07) is 214. The van der Waals surface area contributed by atoms with Crippen LogP contribution >= 0.6 is 0 Å². The summed E-state index contributed by atoms with van der Waals surface area (Å²) >= 11 is 0. The van der Waals surface area contributed by atoms with E-state index in [-0.39, 0.29) is 32.5 Å². The third-order valence-corrected chi connectivity index (χ3v) is 35.4. The molecule has 36 rings (SSSR count). The first-order chi connectivity index (χ1) is 74.5. The Kier molecular flexibility index (Phi) is 18.8. The lowest BCUT2D eigenvalue weighted by atomic mass is 9.70. The smallest absolute Gasteiger partial charge is 0.0619 e. The third kappa shape index (κ3) is 11.1. The van der Waals surface area contributed by atoms with Crippen LogP contribution in [-0.4, -0.2) is 0 Å². The van der Waals surface area contributed by atoms with Crippen molar-refractivity contribution in [3.8, 4) is 134 Å². The molecule has 12 aliphatic carbocycles. The van der Waals surface area contributed by atoms with Crippen LogP contribution in [0.1, 0.15) is 134 Å². The maximum atomic E-state index is 2.31. The highest BCUT2D eigenvalue weighted by Crippen LogP contribution is 2.71. The minimum Gasteiger partial charge on any atom is -0.0619 e. The fraction of sp³-hybridized carbons (Fsp3) is 0.0400. The molecule has 0 unspecified atom stereocenters. The molecule has 150 heavy (non-hydrogen) atoms. The molecule has 24 aromatic rings. The summed E-state index contributed by atoms with van der Waals surface area (Å²) in [6.07, 6.45) is 0. The minimum atomic E-state index is -0.180. The van der Waals surface area contributed by atoms with Crippen LogP contribution in [0.25, 0.3) is 134 Å². The Labute approximate surface area is 875 Å². The van der Waals surface area contributed by atoms with Gasteiger partial charge in [-0.15, -0.1) is 0 Å². The van der Waals surface area contributed by atoms with Gasteiger partial charge in [0.2, 0.25) is 0 Å². The van der Waals surface area contributed by atoms with Crippen molar-refractivity contribution in [3.63, 3.8) is 0 Å². The molecule has 6 spiro atoms. The van der Waals surface area contributed by atoms with Gasteiger partial charge in [-0.05, 0) is 267 Å². The lowest BCUT2D eigenvalue weighted by molar-refractivity contribution is 0.794. The van der Waals surface area contributed by atoms with Crippen molar-refractivity contribution in [1.82, 2.24) is 0 Å². The molecular weight excluding hydrogens is 1800 g/mol. The van der Waals surface area contributed by atoms with Gasteiger partial charge in [0.25, 0.3) is 0 Å². The Balaban J connectivity index is 0.0000000810. The van der Waals surface area contributed by atoms with Crippen LogP contribution in [0.3, 0.4) is 0 Å². The van der Waals surface area contributed by atoms with Crippen LogP contribution in [0.4, 0.5) is 0 Å². The molecule has 0 heterocycles. The lowest BCUT2D eigenvalue weighted by Crippen LogP contribution is -2.25. The van der Waals surface area contributed by atoms with Crippen molar-refractivity contribution in [3.05, 3.63) is 716 Å². The SMILES string of the molecule is c1ccc2c(c1)-c1ccccc1C21c2ccccc2-c2ccccc21.c1ccc2c(c1)-c1ccccc1C21c2ccccc2-c2ccccc21.c1ccc2c(c1)-c1ccccc1C21c2ccccc2-c2ccccc21.c1ccc2c(c1)-c1ccccc1C21c2ccccc2-c2ccccc21.c1ccc2c(c1)-c1ccccc1C21c2ccccc2-c2ccccc21.c1ccc2c(c1)-c1ccccc1C21c2ccccc2-c2ccccc21. The minimum absolute atomic E-state index is 0.180. The Morgan fingerprint density at radius 1 is 0.0533 bits per heavy atom. The predicted octanol–water partition coefficient (Wildman–Crippen LogP) is 36.2. The standard InChI is InChI=1S/6C25H16/c6*1-5-13-21-17(9-1)18-10-2-6-14-22(18)25(21)23-15-7-3-11-19(23)20-12-4-8-16-24(20)25/h6*1-16H. The van der Waals surface area contributed by atoms with Gasteiger partial charge in [0, 0.05) is 0 Å². The van der Waals surface area contributed by atoms with Gasteiger partial charge >= 0.3 is 0 Å². The van der Waals surface area contributed by atoms with Gasteiger partial charge in [-0.1, -0.05) is 582 Å². The number of hydrogen-bond donors (Lipinski definition) is 0. The average molecular weight is 1900 g/mol. The van der Waals surface area contributed by atoms with Crippen molar-refractivity contribution >= 4 is 0 Å². The van der Waals surface area contributed by atoms with E-state index in [2.05, 4.69) is 582 Å². The Morgan fingerprint density at radius 3 is 0.140 bits per heavy atom. The Bertz CT molecular complexity index is 7220. The molecule has 0 fully saturated rings. The third-order valence-electron chi connectivity index (χ3n) is 35.4. The van der Waals surface area contributed by atoms with Gasteiger partial charge in [0.1, 0.15) is 0 Å². The van der Waals surface area contributed by atoms with Crippen molar-refractivity contribution in [2.45, 2.75) is 32.5 Å². The van der Waals surface area contributed by atoms with Gasteiger partial charge in [0.05, 0.1) is 32.5 Å². The molecule has 12 aliphatic rings. The maximum Gasteiger partial charge on any atom is 0.0725 e. The van der Waals surface area contributed by atoms with E-state index in [1.54, 1.807) is 0 Å².